The fraction of sp³-hybridized carbons (Fsp3) is 0.250. The minimum Gasteiger partial charge on any atom is -0.479 e. The number of amides is 2. The Bertz CT molecular complexity index is 852. The number of nitrogens with zero attached hydrogens (tertiary/aromatic N) is 1. The molecule has 1 aliphatic carbocycles. The van der Waals surface area contributed by atoms with E-state index in [1.165, 1.54) is 7.05 Å². The molecule has 0 heterocycles. The molecule has 8 heteroatoms. The highest BCUT2D eigenvalue weighted by Gasteiger charge is 2.29. The van der Waals surface area contributed by atoms with Gasteiger partial charge < -0.3 is 15.2 Å². The topological polar surface area (TPSA) is 105 Å². The van der Waals surface area contributed by atoms with Crippen LogP contribution in [-0.4, -0.2) is 54.9 Å². The first-order valence-corrected chi connectivity index (χ1v) is 8.67. The molecule has 0 saturated heterocycles. The van der Waals surface area contributed by atoms with Crippen molar-refractivity contribution in [1.29, 1.82) is 0 Å². The van der Waals surface area contributed by atoms with Crippen LogP contribution < -0.4 is 5.32 Å². The van der Waals surface area contributed by atoms with Crippen LogP contribution in [0.1, 0.15) is 17.0 Å². The number of benzene rings is 2. The van der Waals surface area contributed by atoms with Crippen molar-refractivity contribution in [2.75, 3.05) is 26.8 Å². The Morgan fingerprint density at radius 1 is 1.04 bits per heavy atom. The largest absolute Gasteiger partial charge is 0.479 e. The fourth-order valence-corrected chi connectivity index (χ4v) is 3.13. The number of carbonyl (C=O) groups is 3. The standard InChI is InChI=1S/C20H20N2O6/c1-22(28-12-19(24)25)18(23)10-21-20(26)27-11-17-15-8-4-2-6-13(15)14-7-3-5-9-16(14)17/h2-9,17H,10-12H2,1H3,(H,21,26)(H,24,25). The summed E-state index contributed by atoms with van der Waals surface area (Å²) in [6, 6.07) is 16.0. The molecule has 0 saturated carbocycles. The smallest absolute Gasteiger partial charge is 0.407 e. The maximum absolute atomic E-state index is 12.0. The van der Waals surface area contributed by atoms with Gasteiger partial charge in [-0.2, -0.15) is 0 Å². The Labute approximate surface area is 161 Å². The van der Waals surface area contributed by atoms with Crippen molar-refractivity contribution in [2.24, 2.45) is 0 Å². The van der Waals surface area contributed by atoms with Crippen LogP contribution in [0.5, 0.6) is 0 Å². The van der Waals surface area contributed by atoms with Crippen LogP contribution >= 0.6 is 0 Å². The Morgan fingerprint density at radius 2 is 1.61 bits per heavy atom. The molecule has 146 valence electrons. The Kier molecular flexibility index (Phi) is 5.90. The van der Waals surface area contributed by atoms with Gasteiger partial charge in [0.05, 0.1) is 0 Å². The van der Waals surface area contributed by atoms with Gasteiger partial charge in [-0.05, 0) is 22.3 Å². The molecule has 1 aliphatic rings. The summed E-state index contributed by atoms with van der Waals surface area (Å²) in [5, 5.41) is 11.6. The molecule has 0 spiro atoms. The number of nitrogens with one attached hydrogen (secondary N) is 1. The number of fused-ring (bicyclic) bond motifs is 3. The van der Waals surface area contributed by atoms with E-state index in [0.29, 0.717) is 0 Å². The molecule has 0 radical (unpaired) electrons. The number of hydroxylamine groups is 2. The molecule has 28 heavy (non-hydrogen) atoms. The van der Waals surface area contributed by atoms with E-state index >= 15 is 0 Å². The summed E-state index contributed by atoms with van der Waals surface area (Å²) in [6.45, 7) is -0.876. The van der Waals surface area contributed by atoms with Crippen LogP contribution in [0.15, 0.2) is 48.5 Å². The van der Waals surface area contributed by atoms with Crippen LogP contribution in [0.25, 0.3) is 11.1 Å². The zero-order valence-electron chi connectivity index (χ0n) is 15.3. The van der Waals surface area contributed by atoms with Crippen molar-refractivity contribution < 1.29 is 29.1 Å². The molecule has 2 aromatic rings. The number of carbonyl (C=O) groups excluding carboxylic acids is 2. The molecule has 0 atom stereocenters. The van der Waals surface area contributed by atoms with E-state index in [2.05, 4.69) is 5.32 Å². The third-order valence-corrected chi connectivity index (χ3v) is 4.46. The molecule has 2 N–H and O–H groups in total. The number of ether oxygens (including phenoxy) is 1. The number of hydrogen-bond donors (Lipinski definition) is 2. The molecule has 0 fully saturated rings. The minimum atomic E-state index is -1.20. The second-order valence-corrected chi connectivity index (χ2v) is 6.24. The highest BCUT2D eigenvalue weighted by atomic mass is 16.7. The summed E-state index contributed by atoms with van der Waals surface area (Å²) in [7, 11) is 1.27. The van der Waals surface area contributed by atoms with Gasteiger partial charge in [0.1, 0.15) is 13.2 Å². The first-order chi connectivity index (χ1) is 13.5. The lowest BCUT2D eigenvalue weighted by Crippen LogP contribution is -2.39. The number of hydrogen-bond acceptors (Lipinski definition) is 5. The molecule has 0 aromatic heterocycles. The lowest BCUT2D eigenvalue weighted by Gasteiger charge is -2.17. The average Bonchev–Trinajstić information content (AvgIpc) is 3.02. The second-order valence-electron chi connectivity index (χ2n) is 6.24. The zero-order valence-corrected chi connectivity index (χ0v) is 15.3. The second kappa shape index (κ2) is 8.53. The van der Waals surface area contributed by atoms with Crippen LogP contribution in [0.3, 0.4) is 0 Å². The van der Waals surface area contributed by atoms with Crippen LogP contribution in [0.4, 0.5) is 4.79 Å². The van der Waals surface area contributed by atoms with E-state index < -0.39 is 24.6 Å². The number of likely N-dealkylation sites (N-methyl/N-ethyl adjacent to an activating group) is 1. The lowest BCUT2D eigenvalue weighted by molar-refractivity contribution is -0.184. The predicted molar refractivity (Wildman–Crippen MR) is 99.4 cm³/mol. The van der Waals surface area contributed by atoms with E-state index in [-0.39, 0.29) is 19.1 Å². The van der Waals surface area contributed by atoms with Crippen LogP contribution in [0, 0.1) is 0 Å². The van der Waals surface area contributed by atoms with Crippen LogP contribution in [-0.2, 0) is 19.2 Å². The summed E-state index contributed by atoms with van der Waals surface area (Å²) in [5.74, 6) is -1.88. The molecule has 2 aromatic carbocycles. The number of alkyl carbamates (subject to hydrolysis) is 1. The third-order valence-electron chi connectivity index (χ3n) is 4.46. The van der Waals surface area contributed by atoms with Crippen molar-refractivity contribution in [2.45, 2.75) is 5.92 Å². The van der Waals surface area contributed by atoms with E-state index in [1.54, 1.807) is 0 Å². The van der Waals surface area contributed by atoms with Gasteiger partial charge in [-0.15, -0.1) is 0 Å². The normalized spacial score (nSPS) is 12.0. The highest BCUT2D eigenvalue weighted by molar-refractivity contribution is 5.82. The van der Waals surface area contributed by atoms with Crippen LogP contribution in [0.2, 0.25) is 0 Å². The Hall–Kier alpha value is -3.39. The fourth-order valence-electron chi connectivity index (χ4n) is 3.13. The van der Waals surface area contributed by atoms with Gasteiger partial charge in [0.15, 0.2) is 6.61 Å². The predicted octanol–water partition coefficient (Wildman–Crippen LogP) is 2.00. The zero-order chi connectivity index (χ0) is 20.1. The maximum atomic E-state index is 12.0. The van der Waals surface area contributed by atoms with Gasteiger partial charge >= 0.3 is 12.1 Å². The molecule has 0 unspecified atom stereocenters. The first-order valence-electron chi connectivity index (χ1n) is 8.67. The molecular weight excluding hydrogens is 364 g/mol. The molecule has 0 aliphatic heterocycles. The molecule has 8 nitrogen and oxygen atoms in total. The molecule has 2 amide bonds. The maximum Gasteiger partial charge on any atom is 0.407 e. The monoisotopic (exact) mass is 384 g/mol. The van der Waals surface area contributed by atoms with Crippen molar-refractivity contribution in [3.05, 3.63) is 59.7 Å². The minimum absolute atomic E-state index is 0.0737. The van der Waals surface area contributed by atoms with Gasteiger partial charge in [-0.25, -0.2) is 14.7 Å². The molecule has 0 bridgehead atoms. The number of rotatable bonds is 7. The van der Waals surface area contributed by atoms with Gasteiger partial charge in [0, 0.05) is 13.0 Å². The SMILES string of the molecule is CN(OCC(=O)O)C(=O)CNC(=O)OCC1c2ccccc2-c2ccccc21. The van der Waals surface area contributed by atoms with Crippen molar-refractivity contribution in [3.8, 4) is 11.1 Å². The highest BCUT2D eigenvalue weighted by Crippen LogP contribution is 2.44. The van der Waals surface area contributed by atoms with Crippen molar-refractivity contribution >= 4 is 18.0 Å². The number of aliphatic carboxylic acids is 1. The third kappa shape index (κ3) is 4.29. The van der Waals surface area contributed by atoms with Crippen molar-refractivity contribution in [1.82, 2.24) is 10.4 Å². The Balaban J connectivity index is 1.54. The first kappa shape index (κ1) is 19.4. The van der Waals surface area contributed by atoms with Gasteiger partial charge in [0.2, 0.25) is 0 Å². The van der Waals surface area contributed by atoms with E-state index in [1.807, 2.05) is 48.5 Å². The summed E-state index contributed by atoms with van der Waals surface area (Å²) >= 11 is 0. The van der Waals surface area contributed by atoms with E-state index in [0.717, 1.165) is 27.3 Å². The Morgan fingerprint density at radius 3 is 2.18 bits per heavy atom. The summed E-state index contributed by atoms with van der Waals surface area (Å²) in [6.07, 6.45) is -0.734. The summed E-state index contributed by atoms with van der Waals surface area (Å²) < 4.78 is 5.31. The van der Waals surface area contributed by atoms with Gasteiger partial charge in [-0.3, -0.25) is 9.63 Å². The molecule has 3 rings (SSSR count). The quantitative estimate of drug-likeness (QED) is 0.708. The average molecular weight is 384 g/mol. The lowest BCUT2D eigenvalue weighted by atomic mass is 9.98. The van der Waals surface area contributed by atoms with Gasteiger partial charge in [-0.1, -0.05) is 48.5 Å². The summed E-state index contributed by atoms with van der Waals surface area (Å²) in [4.78, 5) is 38.9. The molecular formula is C20H20N2O6. The van der Waals surface area contributed by atoms with Gasteiger partial charge in [0.25, 0.3) is 5.91 Å². The van der Waals surface area contributed by atoms with E-state index in [9.17, 15) is 14.4 Å². The van der Waals surface area contributed by atoms with Crippen molar-refractivity contribution in [3.63, 3.8) is 0 Å². The van der Waals surface area contributed by atoms with E-state index in [4.69, 9.17) is 14.7 Å². The summed E-state index contributed by atoms with van der Waals surface area (Å²) in [5.41, 5.74) is 4.43. The number of carboxylic acids is 1. The number of carboxylic acid groups (broad SMARTS) is 1.